The molecule has 88 valence electrons. The van der Waals surface area contributed by atoms with Crippen molar-refractivity contribution >= 4 is 17.3 Å². The lowest BCUT2D eigenvalue weighted by atomic mass is 10.00. The van der Waals surface area contributed by atoms with Crippen LogP contribution in [-0.4, -0.2) is 19.1 Å². The minimum atomic E-state index is 0.522. The zero-order valence-corrected chi connectivity index (χ0v) is 11.0. The van der Waals surface area contributed by atoms with E-state index in [1.165, 1.54) is 11.1 Å². The number of anilines is 1. The summed E-state index contributed by atoms with van der Waals surface area (Å²) in [6.45, 7) is 2.10. The molecule has 0 atom stereocenters. The molecular formula is C14H15ClN2. The van der Waals surface area contributed by atoms with Gasteiger partial charge in [-0.05, 0) is 24.1 Å². The predicted octanol–water partition coefficient (Wildman–Crippen LogP) is 3.78. The second-order valence-electron chi connectivity index (χ2n) is 4.23. The topological polar surface area (TPSA) is 16.1 Å². The van der Waals surface area contributed by atoms with E-state index in [1.54, 1.807) is 0 Å². The molecule has 0 fully saturated rings. The number of rotatable bonds is 2. The Labute approximate surface area is 107 Å². The largest absolute Gasteiger partial charge is 0.376 e. The lowest BCUT2D eigenvalue weighted by molar-refractivity contribution is 1.11. The molecule has 0 aliphatic carbocycles. The Balaban J connectivity index is 2.65. The molecule has 1 aromatic carbocycles. The minimum Gasteiger partial charge on any atom is -0.376 e. The monoisotopic (exact) mass is 246 g/mol. The van der Waals surface area contributed by atoms with Crippen LogP contribution in [0.2, 0.25) is 5.15 Å². The van der Waals surface area contributed by atoms with Crippen LogP contribution in [0, 0.1) is 6.92 Å². The molecule has 0 bridgehead atoms. The summed E-state index contributed by atoms with van der Waals surface area (Å²) < 4.78 is 0. The van der Waals surface area contributed by atoms with Gasteiger partial charge in [-0.1, -0.05) is 35.9 Å². The maximum Gasteiger partial charge on any atom is 0.129 e. The fourth-order valence-corrected chi connectivity index (χ4v) is 2.03. The number of hydrogen-bond acceptors (Lipinski definition) is 2. The van der Waals surface area contributed by atoms with E-state index in [0.29, 0.717) is 5.15 Å². The summed E-state index contributed by atoms with van der Waals surface area (Å²) in [6, 6.07) is 10.2. The van der Waals surface area contributed by atoms with Crippen molar-refractivity contribution in [3.05, 3.63) is 47.2 Å². The quantitative estimate of drug-likeness (QED) is 0.750. The first-order valence-corrected chi connectivity index (χ1v) is 5.86. The normalized spacial score (nSPS) is 10.4. The Morgan fingerprint density at radius 3 is 2.47 bits per heavy atom. The van der Waals surface area contributed by atoms with Gasteiger partial charge in [0, 0.05) is 19.7 Å². The molecule has 0 spiro atoms. The summed E-state index contributed by atoms with van der Waals surface area (Å²) >= 11 is 5.99. The first-order valence-electron chi connectivity index (χ1n) is 5.48. The van der Waals surface area contributed by atoms with Crippen molar-refractivity contribution in [2.24, 2.45) is 0 Å². The van der Waals surface area contributed by atoms with Crippen LogP contribution in [-0.2, 0) is 0 Å². The fraction of sp³-hybridized carbons (Fsp3) is 0.214. The molecule has 0 aliphatic rings. The molecule has 2 rings (SSSR count). The number of aryl methyl sites for hydroxylation is 1. The predicted molar refractivity (Wildman–Crippen MR) is 73.7 cm³/mol. The highest BCUT2D eigenvalue weighted by Crippen LogP contribution is 2.32. The molecule has 0 saturated carbocycles. The lowest BCUT2D eigenvalue weighted by Crippen LogP contribution is -2.10. The van der Waals surface area contributed by atoms with Crippen LogP contribution in [0.5, 0.6) is 0 Å². The second kappa shape index (κ2) is 4.76. The summed E-state index contributed by atoms with van der Waals surface area (Å²) in [6.07, 6.45) is 1.81. The lowest BCUT2D eigenvalue weighted by Gasteiger charge is -2.18. The third-order valence-electron chi connectivity index (χ3n) is 2.77. The summed E-state index contributed by atoms with van der Waals surface area (Å²) in [5.41, 5.74) is 4.62. The molecular weight excluding hydrogens is 232 g/mol. The Kier molecular flexibility index (Phi) is 3.34. The molecule has 2 aromatic rings. The molecule has 17 heavy (non-hydrogen) atoms. The second-order valence-corrected chi connectivity index (χ2v) is 4.62. The van der Waals surface area contributed by atoms with Gasteiger partial charge in [0.15, 0.2) is 0 Å². The molecule has 0 unspecified atom stereocenters. The van der Waals surface area contributed by atoms with E-state index in [1.807, 2.05) is 43.4 Å². The molecule has 0 amide bonds. The average Bonchev–Trinajstić information content (AvgIpc) is 2.29. The molecule has 0 radical (unpaired) electrons. The van der Waals surface area contributed by atoms with Gasteiger partial charge in [-0.25, -0.2) is 4.98 Å². The van der Waals surface area contributed by atoms with Gasteiger partial charge in [0.2, 0.25) is 0 Å². The summed E-state index contributed by atoms with van der Waals surface area (Å²) in [5.74, 6) is 0. The van der Waals surface area contributed by atoms with Gasteiger partial charge < -0.3 is 4.90 Å². The maximum absolute atomic E-state index is 5.99. The fourth-order valence-electron chi connectivity index (χ4n) is 1.87. The van der Waals surface area contributed by atoms with Crippen LogP contribution in [0.3, 0.4) is 0 Å². The standard InChI is InChI=1S/C14H15ClN2/c1-10-6-4-5-7-11(10)12-8-14(15)16-9-13(12)17(2)3/h4-9H,1-3H3. The van der Waals surface area contributed by atoms with Gasteiger partial charge in [-0.15, -0.1) is 0 Å². The third kappa shape index (κ3) is 2.42. The molecule has 1 aromatic heterocycles. The van der Waals surface area contributed by atoms with Gasteiger partial charge in [-0.2, -0.15) is 0 Å². The highest BCUT2D eigenvalue weighted by atomic mass is 35.5. The van der Waals surface area contributed by atoms with Crippen molar-refractivity contribution in [2.75, 3.05) is 19.0 Å². The van der Waals surface area contributed by atoms with Crippen LogP contribution < -0.4 is 4.90 Å². The summed E-state index contributed by atoms with van der Waals surface area (Å²) in [4.78, 5) is 6.19. The van der Waals surface area contributed by atoms with E-state index in [-0.39, 0.29) is 0 Å². The Hall–Kier alpha value is -1.54. The Bertz CT molecular complexity index is 535. The number of aromatic nitrogens is 1. The smallest absolute Gasteiger partial charge is 0.129 e. The molecule has 3 heteroatoms. The molecule has 0 aliphatic heterocycles. The maximum atomic E-state index is 5.99. The Morgan fingerprint density at radius 2 is 1.82 bits per heavy atom. The van der Waals surface area contributed by atoms with Crippen LogP contribution in [0.4, 0.5) is 5.69 Å². The first kappa shape index (κ1) is 11.9. The number of halogens is 1. The molecule has 0 N–H and O–H groups in total. The van der Waals surface area contributed by atoms with Crippen molar-refractivity contribution in [2.45, 2.75) is 6.92 Å². The van der Waals surface area contributed by atoms with E-state index in [9.17, 15) is 0 Å². The van der Waals surface area contributed by atoms with Crippen LogP contribution in [0.1, 0.15) is 5.56 Å². The highest BCUT2D eigenvalue weighted by Gasteiger charge is 2.10. The number of benzene rings is 1. The zero-order chi connectivity index (χ0) is 12.4. The number of hydrogen-bond donors (Lipinski definition) is 0. The van der Waals surface area contributed by atoms with Gasteiger partial charge in [-0.3, -0.25) is 0 Å². The van der Waals surface area contributed by atoms with Crippen LogP contribution in [0.15, 0.2) is 36.5 Å². The van der Waals surface area contributed by atoms with E-state index >= 15 is 0 Å². The average molecular weight is 247 g/mol. The number of pyridine rings is 1. The molecule has 0 saturated heterocycles. The van der Waals surface area contributed by atoms with Crippen molar-refractivity contribution in [1.82, 2.24) is 4.98 Å². The number of nitrogens with zero attached hydrogens (tertiary/aromatic N) is 2. The SMILES string of the molecule is Cc1ccccc1-c1cc(Cl)ncc1N(C)C. The summed E-state index contributed by atoms with van der Waals surface area (Å²) in [7, 11) is 4.01. The third-order valence-corrected chi connectivity index (χ3v) is 2.97. The van der Waals surface area contributed by atoms with Gasteiger partial charge in [0.1, 0.15) is 5.15 Å². The molecule has 2 nitrogen and oxygen atoms in total. The van der Waals surface area contributed by atoms with Gasteiger partial charge in [0.25, 0.3) is 0 Å². The van der Waals surface area contributed by atoms with Crippen molar-refractivity contribution in [1.29, 1.82) is 0 Å². The van der Waals surface area contributed by atoms with E-state index in [2.05, 4.69) is 24.0 Å². The molecule has 1 heterocycles. The first-order chi connectivity index (χ1) is 8.09. The van der Waals surface area contributed by atoms with E-state index < -0.39 is 0 Å². The van der Waals surface area contributed by atoms with Crippen LogP contribution >= 0.6 is 11.6 Å². The van der Waals surface area contributed by atoms with Crippen molar-refractivity contribution in [3.63, 3.8) is 0 Å². The van der Waals surface area contributed by atoms with E-state index in [0.717, 1.165) is 11.3 Å². The van der Waals surface area contributed by atoms with Crippen molar-refractivity contribution < 1.29 is 0 Å². The van der Waals surface area contributed by atoms with Gasteiger partial charge >= 0.3 is 0 Å². The van der Waals surface area contributed by atoms with Crippen LogP contribution in [0.25, 0.3) is 11.1 Å². The van der Waals surface area contributed by atoms with Gasteiger partial charge in [0.05, 0.1) is 11.9 Å². The van der Waals surface area contributed by atoms with Crippen molar-refractivity contribution in [3.8, 4) is 11.1 Å². The Morgan fingerprint density at radius 1 is 1.12 bits per heavy atom. The minimum absolute atomic E-state index is 0.522. The zero-order valence-electron chi connectivity index (χ0n) is 10.2. The van der Waals surface area contributed by atoms with E-state index in [4.69, 9.17) is 11.6 Å². The summed E-state index contributed by atoms with van der Waals surface area (Å²) in [5, 5.41) is 0.522. The highest BCUT2D eigenvalue weighted by molar-refractivity contribution is 6.29.